The average molecular weight is 362 g/mol. The summed E-state index contributed by atoms with van der Waals surface area (Å²) in [5, 5.41) is 2.99. The van der Waals surface area contributed by atoms with Gasteiger partial charge in [0.05, 0.1) is 29.2 Å². The van der Waals surface area contributed by atoms with Gasteiger partial charge in [0.25, 0.3) is 11.5 Å². The lowest BCUT2D eigenvalue weighted by Gasteiger charge is -2.28. The number of amides is 1. The van der Waals surface area contributed by atoms with E-state index in [4.69, 9.17) is 10.5 Å². The molecule has 25 heavy (non-hydrogen) atoms. The molecule has 4 N–H and O–H groups in total. The van der Waals surface area contributed by atoms with Gasteiger partial charge in [-0.05, 0) is 0 Å². The number of ether oxygens (including phenoxy) is 1. The number of nitrogens with one attached hydrogen (secondary N) is 2. The molecule has 0 aromatic carbocycles. The van der Waals surface area contributed by atoms with Crippen LogP contribution in [0.5, 0.6) is 0 Å². The molecule has 1 saturated heterocycles. The van der Waals surface area contributed by atoms with E-state index in [1.807, 2.05) is 0 Å². The Labute approximate surface area is 147 Å². The molecule has 1 aliphatic rings. The summed E-state index contributed by atoms with van der Waals surface area (Å²) in [7, 11) is 1.54. The minimum atomic E-state index is -0.434. The van der Waals surface area contributed by atoms with Gasteiger partial charge in [-0.15, -0.1) is 0 Å². The molecule has 3 rings (SSSR count). The average Bonchev–Trinajstić information content (AvgIpc) is 3.05. The van der Waals surface area contributed by atoms with Crippen molar-refractivity contribution in [1.82, 2.24) is 9.97 Å². The Balaban J connectivity index is 1.95. The van der Waals surface area contributed by atoms with Crippen LogP contribution in [0.25, 0.3) is 10.2 Å². The fraction of sp³-hybridized carbons (Fsp3) is 0.333. The second-order valence-corrected chi connectivity index (χ2v) is 6.26. The van der Waals surface area contributed by atoms with Crippen LogP contribution in [-0.4, -0.2) is 55.4 Å². The number of nitrogens with zero attached hydrogens (tertiary/aromatic N) is 3. The standard InChI is InChI=1S/C15H18N6O3S/c1-17-7-9(6-16)13(22)20-15-19-11-12(25-15)10(8-18-14(11)23)21-2-4-24-5-3-21/h6-8H,2-5,16H2,1H3,(H,18,23)(H,19,20,22). The van der Waals surface area contributed by atoms with Crippen molar-refractivity contribution < 1.29 is 9.53 Å². The van der Waals surface area contributed by atoms with E-state index >= 15 is 0 Å². The normalized spacial score (nSPS) is 15.9. The molecule has 0 aliphatic carbocycles. The fourth-order valence-corrected chi connectivity index (χ4v) is 3.50. The number of aliphatic imine (C=N–C) groups is 1. The molecular formula is C15H18N6O3S. The molecule has 0 unspecified atom stereocenters. The minimum Gasteiger partial charge on any atom is -0.404 e. The summed E-state index contributed by atoms with van der Waals surface area (Å²) in [4.78, 5) is 37.1. The van der Waals surface area contributed by atoms with Gasteiger partial charge in [0, 0.05) is 38.7 Å². The summed E-state index contributed by atoms with van der Waals surface area (Å²) in [6.45, 7) is 2.72. The molecule has 132 valence electrons. The highest BCUT2D eigenvalue weighted by molar-refractivity contribution is 7.23. The van der Waals surface area contributed by atoms with Crippen LogP contribution in [0.3, 0.4) is 0 Å². The minimum absolute atomic E-state index is 0.212. The van der Waals surface area contributed by atoms with E-state index in [1.54, 1.807) is 13.2 Å². The van der Waals surface area contributed by atoms with Crippen molar-refractivity contribution in [3.63, 3.8) is 0 Å². The largest absolute Gasteiger partial charge is 0.404 e. The van der Waals surface area contributed by atoms with Crippen molar-refractivity contribution in [2.24, 2.45) is 10.7 Å². The van der Waals surface area contributed by atoms with E-state index in [-0.39, 0.29) is 11.1 Å². The highest BCUT2D eigenvalue weighted by Gasteiger charge is 2.19. The van der Waals surface area contributed by atoms with Gasteiger partial charge in [-0.2, -0.15) is 0 Å². The number of morpholine rings is 1. The molecule has 1 amide bonds. The third-order valence-corrected chi connectivity index (χ3v) is 4.69. The van der Waals surface area contributed by atoms with Crippen LogP contribution >= 0.6 is 11.3 Å². The first-order valence-electron chi connectivity index (χ1n) is 7.64. The van der Waals surface area contributed by atoms with Gasteiger partial charge in [-0.1, -0.05) is 11.3 Å². The topological polar surface area (TPSA) is 126 Å². The first-order valence-corrected chi connectivity index (χ1v) is 8.46. The number of fused-ring (bicyclic) bond motifs is 1. The second kappa shape index (κ2) is 7.45. The van der Waals surface area contributed by atoms with Crippen LogP contribution in [0.4, 0.5) is 10.8 Å². The van der Waals surface area contributed by atoms with Gasteiger partial charge in [0.2, 0.25) is 0 Å². The molecule has 3 heterocycles. The molecule has 0 spiro atoms. The Morgan fingerprint density at radius 2 is 2.28 bits per heavy atom. The van der Waals surface area contributed by atoms with E-state index in [0.717, 1.165) is 23.5 Å². The predicted molar refractivity (Wildman–Crippen MR) is 98.6 cm³/mol. The zero-order valence-corrected chi connectivity index (χ0v) is 14.4. The Bertz CT molecular complexity index is 894. The van der Waals surface area contributed by atoms with Crippen LogP contribution in [-0.2, 0) is 9.53 Å². The number of pyridine rings is 1. The molecule has 0 radical (unpaired) electrons. The second-order valence-electron chi connectivity index (χ2n) is 5.26. The molecule has 10 heteroatoms. The summed E-state index contributed by atoms with van der Waals surface area (Å²) in [5.74, 6) is -0.434. The van der Waals surface area contributed by atoms with Gasteiger partial charge >= 0.3 is 0 Å². The number of H-pyrrole nitrogens is 1. The lowest BCUT2D eigenvalue weighted by molar-refractivity contribution is -0.112. The number of thiazole rings is 1. The van der Waals surface area contributed by atoms with Crippen LogP contribution in [0.15, 0.2) is 27.8 Å². The van der Waals surface area contributed by atoms with E-state index in [0.29, 0.717) is 23.9 Å². The van der Waals surface area contributed by atoms with Gasteiger partial charge < -0.3 is 20.4 Å². The van der Waals surface area contributed by atoms with Crippen molar-refractivity contribution in [2.75, 3.05) is 43.6 Å². The highest BCUT2D eigenvalue weighted by Crippen LogP contribution is 2.32. The number of anilines is 2. The van der Waals surface area contributed by atoms with Crippen molar-refractivity contribution in [3.8, 4) is 0 Å². The van der Waals surface area contributed by atoms with E-state index in [1.165, 1.54) is 23.8 Å². The van der Waals surface area contributed by atoms with Gasteiger partial charge in [-0.25, -0.2) is 4.98 Å². The van der Waals surface area contributed by atoms with Gasteiger partial charge in [0.15, 0.2) is 10.6 Å². The van der Waals surface area contributed by atoms with E-state index in [9.17, 15) is 9.59 Å². The summed E-state index contributed by atoms with van der Waals surface area (Å²) in [6, 6.07) is 0. The smallest absolute Gasteiger partial charge is 0.275 e. The quantitative estimate of drug-likeness (QED) is 0.531. The lowest BCUT2D eigenvalue weighted by atomic mass is 10.3. The van der Waals surface area contributed by atoms with Gasteiger partial charge in [-0.3, -0.25) is 19.9 Å². The molecule has 0 saturated carbocycles. The summed E-state index contributed by atoms with van der Waals surface area (Å²) < 4.78 is 6.09. The van der Waals surface area contributed by atoms with Crippen LogP contribution in [0, 0.1) is 0 Å². The van der Waals surface area contributed by atoms with Crippen molar-refractivity contribution in [3.05, 3.63) is 28.3 Å². The zero-order chi connectivity index (χ0) is 17.8. The number of aromatic nitrogens is 2. The zero-order valence-electron chi connectivity index (χ0n) is 13.6. The molecule has 9 nitrogen and oxygen atoms in total. The third-order valence-electron chi connectivity index (χ3n) is 3.70. The highest BCUT2D eigenvalue weighted by atomic mass is 32.1. The monoisotopic (exact) mass is 362 g/mol. The lowest BCUT2D eigenvalue weighted by Crippen LogP contribution is -2.36. The Morgan fingerprint density at radius 3 is 2.96 bits per heavy atom. The maximum Gasteiger partial charge on any atom is 0.275 e. The van der Waals surface area contributed by atoms with Crippen LogP contribution < -0.4 is 21.5 Å². The van der Waals surface area contributed by atoms with Crippen molar-refractivity contribution >= 4 is 44.5 Å². The molecule has 2 aromatic rings. The number of nitrogens with two attached hydrogens (primary N) is 1. The van der Waals surface area contributed by atoms with Gasteiger partial charge in [0.1, 0.15) is 0 Å². The van der Waals surface area contributed by atoms with E-state index in [2.05, 4.69) is 25.2 Å². The Morgan fingerprint density at radius 1 is 1.52 bits per heavy atom. The number of hydrogen-bond donors (Lipinski definition) is 3. The molecule has 0 atom stereocenters. The Kier molecular flexibility index (Phi) is 5.10. The van der Waals surface area contributed by atoms with Crippen molar-refractivity contribution in [2.45, 2.75) is 0 Å². The van der Waals surface area contributed by atoms with Crippen molar-refractivity contribution in [1.29, 1.82) is 0 Å². The number of rotatable bonds is 4. The van der Waals surface area contributed by atoms with Crippen LogP contribution in [0.1, 0.15) is 0 Å². The number of hydrogen-bond acceptors (Lipinski definition) is 8. The number of carbonyl (C=O) groups excluding carboxylic acids is 1. The molecule has 0 bridgehead atoms. The fourth-order valence-electron chi connectivity index (χ4n) is 2.49. The third kappa shape index (κ3) is 3.54. The SMILES string of the molecule is CN=CC(=CN)C(=O)Nc1nc2c(=O)[nH]cc(N3CCOCC3)c2s1. The first kappa shape index (κ1) is 17.1. The number of carbonyl (C=O) groups is 1. The summed E-state index contributed by atoms with van der Waals surface area (Å²) in [6.07, 6.45) is 4.20. The van der Waals surface area contributed by atoms with E-state index < -0.39 is 5.91 Å². The molecule has 2 aromatic heterocycles. The first-order chi connectivity index (χ1) is 12.1. The maximum atomic E-state index is 12.2. The predicted octanol–water partition coefficient (Wildman–Crippen LogP) is 0.303. The molecular weight excluding hydrogens is 344 g/mol. The molecule has 1 aliphatic heterocycles. The van der Waals surface area contributed by atoms with Crippen LogP contribution in [0.2, 0.25) is 0 Å². The molecule has 1 fully saturated rings. The Hall–Kier alpha value is -2.72. The maximum absolute atomic E-state index is 12.2. The summed E-state index contributed by atoms with van der Waals surface area (Å²) in [5.41, 5.74) is 6.52. The number of aromatic amines is 1. The summed E-state index contributed by atoms with van der Waals surface area (Å²) >= 11 is 1.25.